The normalized spacial score (nSPS) is 16.3. The Kier molecular flexibility index (Phi) is 4.54. The number of fused-ring (bicyclic) bond motifs is 1. The molecule has 1 aliphatic heterocycles. The molecule has 0 spiro atoms. The molecule has 2 heterocycles. The van der Waals surface area contributed by atoms with Crippen molar-refractivity contribution in [3.8, 4) is 0 Å². The number of carbonyl (C=O) groups excluding carboxylic acids is 1. The fourth-order valence-electron chi connectivity index (χ4n) is 2.40. The molecule has 0 saturated carbocycles. The number of nitrogens with zero attached hydrogens (tertiary/aromatic N) is 2. The Hall–Kier alpha value is -1.73. The molecule has 7 heteroatoms. The molecule has 0 bridgehead atoms. The van der Waals surface area contributed by atoms with Crippen molar-refractivity contribution in [3.05, 3.63) is 46.9 Å². The Morgan fingerprint density at radius 2 is 2.27 bits per heavy atom. The van der Waals surface area contributed by atoms with Crippen molar-refractivity contribution in [1.29, 1.82) is 0 Å². The first-order chi connectivity index (χ1) is 10.7. The number of hydrogen-bond acceptors (Lipinski definition) is 5. The molecule has 1 unspecified atom stereocenters. The molecule has 22 heavy (non-hydrogen) atoms. The first kappa shape index (κ1) is 15.2. The average molecular weight is 333 g/mol. The fourth-order valence-corrected chi connectivity index (χ4v) is 4.08. The molecule has 1 amide bonds. The lowest BCUT2D eigenvalue weighted by molar-refractivity contribution is -0.116. The van der Waals surface area contributed by atoms with E-state index in [4.69, 9.17) is 0 Å². The van der Waals surface area contributed by atoms with Gasteiger partial charge in [0.1, 0.15) is 0 Å². The Morgan fingerprint density at radius 3 is 3.09 bits per heavy atom. The van der Waals surface area contributed by atoms with Gasteiger partial charge in [-0.3, -0.25) is 14.2 Å². The third-order valence-corrected chi connectivity index (χ3v) is 5.33. The highest BCUT2D eigenvalue weighted by molar-refractivity contribution is 7.99. The van der Waals surface area contributed by atoms with E-state index in [0.29, 0.717) is 10.9 Å². The van der Waals surface area contributed by atoms with Crippen LogP contribution in [0.1, 0.15) is 12.5 Å². The van der Waals surface area contributed by atoms with E-state index in [1.165, 1.54) is 24.0 Å². The molecule has 2 aromatic rings. The molecular weight excluding hydrogens is 318 g/mol. The van der Waals surface area contributed by atoms with Gasteiger partial charge in [-0.15, -0.1) is 11.8 Å². The maximum Gasteiger partial charge on any atom is 0.254 e. The maximum absolute atomic E-state index is 12.3. The summed E-state index contributed by atoms with van der Waals surface area (Å²) in [4.78, 5) is 29.4. The van der Waals surface area contributed by atoms with Gasteiger partial charge in [-0.25, -0.2) is 4.98 Å². The van der Waals surface area contributed by atoms with E-state index in [0.717, 1.165) is 10.6 Å². The molecule has 0 saturated heterocycles. The summed E-state index contributed by atoms with van der Waals surface area (Å²) < 4.78 is 1.62. The number of benzene rings is 1. The van der Waals surface area contributed by atoms with Gasteiger partial charge in [0.05, 0.1) is 11.7 Å². The van der Waals surface area contributed by atoms with Crippen molar-refractivity contribution in [1.82, 2.24) is 9.55 Å². The number of para-hydroxylation sites is 1. The molecule has 1 aliphatic rings. The van der Waals surface area contributed by atoms with Crippen LogP contribution < -0.4 is 10.9 Å². The van der Waals surface area contributed by atoms with Crippen LogP contribution >= 0.6 is 23.5 Å². The number of nitrogens with one attached hydrogen (secondary N) is 1. The van der Waals surface area contributed by atoms with Crippen molar-refractivity contribution >= 4 is 35.1 Å². The second-order valence-electron chi connectivity index (χ2n) is 4.85. The molecule has 1 aromatic heterocycles. The van der Waals surface area contributed by atoms with Crippen molar-refractivity contribution in [2.24, 2.45) is 0 Å². The quantitative estimate of drug-likeness (QED) is 0.688. The topological polar surface area (TPSA) is 64.0 Å². The number of aromatic nitrogens is 2. The zero-order valence-corrected chi connectivity index (χ0v) is 13.6. The van der Waals surface area contributed by atoms with Gasteiger partial charge in [0.15, 0.2) is 5.16 Å². The number of carbonyl (C=O) groups is 1. The highest BCUT2D eigenvalue weighted by Gasteiger charge is 2.26. The third-order valence-electron chi connectivity index (χ3n) is 3.42. The van der Waals surface area contributed by atoms with Crippen LogP contribution in [0.4, 0.5) is 5.69 Å². The summed E-state index contributed by atoms with van der Waals surface area (Å²) in [7, 11) is 0. The van der Waals surface area contributed by atoms with Crippen molar-refractivity contribution < 1.29 is 4.79 Å². The van der Waals surface area contributed by atoms with Gasteiger partial charge < -0.3 is 5.32 Å². The van der Waals surface area contributed by atoms with Gasteiger partial charge in [0.25, 0.3) is 5.56 Å². The summed E-state index contributed by atoms with van der Waals surface area (Å²) in [6.45, 7) is 0. The molecule has 0 radical (unpaired) electrons. The number of thioether (sulfide) groups is 2. The van der Waals surface area contributed by atoms with Crippen LogP contribution in [0.5, 0.6) is 0 Å². The summed E-state index contributed by atoms with van der Waals surface area (Å²) in [5.74, 6) is 0.611. The minimum atomic E-state index is -0.136. The number of amides is 1. The number of anilines is 1. The smallest absolute Gasteiger partial charge is 0.254 e. The van der Waals surface area contributed by atoms with Crippen LogP contribution in [0.25, 0.3) is 0 Å². The van der Waals surface area contributed by atoms with Crippen LogP contribution in [0.2, 0.25) is 0 Å². The Labute approximate surface area is 136 Å². The van der Waals surface area contributed by atoms with Crippen LogP contribution in [-0.2, 0) is 4.79 Å². The standard InChI is InChI=1S/C15H15N3O2S2/c1-21-12-5-3-2-4-11(12)17-13(19)8-10-9-22-15-16-7-6-14(20)18(10)15/h2-7,10H,8-9H2,1H3,(H,17,19). The Balaban J connectivity index is 1.73. The molecule has 1 atom stereocenters. The van der Waals surface area contributed by atoms with E-state index in [9.17, 15) is 9.59 Å². The van der Waals surface area contributed by atoms with Crippen LogP contribution in [0, 0.1) is 0 Å². The van der Waals surface area contributed by atoms with Gasteiger partial charge in [0.2, 0.25) is 5.91 Å². The lowest BCUT2D eigenvalue weighted by Crippen LogP contribution is -2.26. The van der Waals surface area contributed by atoms with E-state index in [1.807, 2.05) is 30.5 Å². The zero-order chi connectivity index (χ0) is 15.5. The minimum absolute atomic E-state index is 0.0873. The average Bonchev–Trinajstić information content (AvgIpc) is 2.92. The molecule has 114 valence electrons. The number of hydrogen-bond donors (Lipinski definition) is 1. The van der Waals surface area contributed by atoms with E-state index < -0.39 is 0 Å². The van der Waals surface area contributed by atoms with Crippen molar-refractivity contribution in [3.63, 3.8) is 0 Å². The predicted molar refractivity (Wildman–Crippen MR) is 89.7 cm³/mol. The molecule has 3 rings (SSSR count). The fraction of sp³-hybridized carbons (Fsp3) is 0.267. The van der Waals surface area contributed by atoms with Gasteiger partial charge >= 0.3 is 0 Å². The van der Waals surface area contributed by atoms with Crippen LogP contribution in [0.3, 0.4) is 0 Å². The van der Waals surface area contributed by atoms with E-state index in [-0.39, 0.29) is 23.9 Å². The van der Waals surface area contributed by atoms with Gasteiger partial charge in [0, 0.05) is 29.3 Å². The first-order valence-electron chi connectivity index (χ1n) is 6.82. The zero-order valence-electron chi connectivity index (χ0n) is 12.0. The van der Waals surface area contributed by atoms with Crippen LogP contribution in [-0.4, -0.2) is 27.5 Å². The summed E-state index contributed by atoms with van der Waals surface area (Å²) in [6, 6.07) is 8.98. The van der Waals surface area contributed by atoms with E-state index >= 15 is 0 Å². The molecular formula is C15H15N3O2S2. The Morgan fingerprint density at radius 1 is 1.45 bits per heavy atom. The third kappa shape index (κ3) is 3.05. The van der Waals surface area contributed by atoms with Gasteiger partial charge in [-0.1, -0.05) is 23.9 Å². The van der Waals surface area contributed by atoms with Gasteiger partial charge in [-0.2, -0.15) is 0 Å². The number of rotatable bonds is 4. The van der Waals surface area contributed by atoms with Crippen molar-refractivity contribution in [2.45, 2.75) is 22.5 Å². The summed E-state index contributed by atoms with van der Waals surface area (Å²) in [6.07, 6.45) is 3.76. The highest BCUT2D eigenvalue weighted by Crippen LogP contribution is 2.32. The summed E-state index contributed by atoms with van der Waals surface area (Å²) >= 11 is 3.10. The highest BCUT2D eigenvalue weighted by atomic mass is 32.2. The van der Waals surface area contributed by atoms with E-state index in [1.54, 1.807) is 16.3 Å². The molecule has 0 fully saturated rings. The van der Waals surface area contributed by atoms with Gasteiger partial charge in [-0.05, 0) is 18.4 Å². The monoisotopic (exact) mass is 333 g/mol. The lowest BCUT2D eigenvalue weighted by Gasteiger charge is -2.14. The lowest BCUT2D eigenvalue weighted by atomic mass is 10.2. The second-order valence-corrected chi connectivity index (χ2v) is 6.69. The molecule has 1 aromatic carbocycles. The first-order valence-corrected chi connectivity index (χ1v) is 9.03. The molecule has 1 N–H and O–H groups in total. The molecule has 5 nitrogen and oxygen atoms in total. The maximum atomic E-state index is 12.3. The SMILES string of the molecule is CSc1ccccc1NC(=O)CC1CSc2nccc(=O)n21. The summed E-state index contributed by atoms with van der Waals surface area (Å²) in [5.41, 5.74) is 0.710. The molecule has 0 aliphatic carbocycles. The van der Waals surface area contributed by atoms with Crippen LogP contribution in [0.15, 0.2) is 51.4 Å². The Bertz CT molecular complexity index is 760. The predicted octanol–water partition coefficient (Wildman–Crippen LogP) is 2.64. The minimum Gasteiger partial charge on any atom is -0.325 e. The summed E-state index contributed by atoms with van der Waals surface area (Å²) in [5, 5.41) is 3.62. The van der Waals surface area contributed by atoms with Crippen molar-refractivity contribution in [2.75, 3.05) is 17.3 Å². The second kappa shape index (κ2) is 6.58. The largest absolute Gasteiger partial charge is 0.325 e. The van der Waals surface area contributed by atoms with E-state index in [2.05, 4.69) is 10.3 Å².